The van der Waals surface area contributed by atoms with Gasteiger partial charge in [0.15, 0.2) is 11.6 Å². The Labute approximate surface area is 168 Å². The number of nitriles is 1. The summed E-state index contributed by atoms with van der Waals surface area (Å²) in [5.41, 5.74) is 1.91. The van der Waals surface area contributed by atoms with E-state index in [-0.39, 0.29) is 5.82 Å². The van der Waals surface area contributed by atoms with Crippen LogP contribution in [0.15, 0.2) is 41.0 Å². The fourth-order valence-corrected chi connectivity index (χ4v) is 3.21. The molecule has 0 aliphatic carbocycles. The van der Waals surface area contributed by atoms with E-state index in [1.807, 2.05) is 20.0 Å². The number of pyridine rings is 1. The first kappa shape index (κ1) is 18.5. The van der Waals surface area contributed by atoms with Crippen LogP contribution in [0.25, 0.3) is 5.95 Å². The molecule has 0 radical (unpaired) electrons. The van der Waals surface area contributed by atoms with Gasteiger partial charge in [0.2, 0.25) is 0 Å². The third-order valence-electron chi connectivity index (χ3n) is 4.68. The van der Waals surface area contributed by atoms with E-state index in [1.165, 1.54) is 10.9 Å². The van der Waals surface area contributed by atoms with Crippen LogP contribution in [-0.4, -0.2) is 44.9 Å². The minimum absolute atomic E-state index is 0.281. The van der Waals surface area contributed by atoms with Gasteiger partial charge < -0.3 is 10.2 Å². The van der Waals surface area contributed by atoms with E-state index in [9.17, 15) is 5.26 Å². The van der Waals surface area contributed by atoms with E-state index in [1.54, 1.807) is 18.5 Å². The first-order chi connectivity index (χ1) is 14.2. The fraction of sp³-hybridized carbons (Fsp3) is 0.316. The van der Waals surface area contributed by atoms with Gasteiger partial charge in [-0.1, -0.05) is 0 Å². The molecule has 0 unspecified atom stereocenters. The van der Waals surface area contributed by atoms with E-state index in [0.29, 0.717) is 17.2 Å². The van der Waals surface area contributed by atoms with Gasteiger partial charge >= 0.3 is 0 Å². The van der Waals surface area contributed by atoms with Crippen molar-refractivity contribution in [2.45, 2.75) is 19.8 Å². The van der Waals surface area contributed by atoms with E-state index in [4.69, 9.17) is 4.98 Å². The monoisotopic (exact) mass is 388 g/mol. The van der Waals surface area contributed by atoms with Gasteiger partial charge in [-0.3, -0.25) is 0 Å². The van der Waals surface area contributed by atoms with Crippen LogP contribution in [0.1, 0.15) is 24.0 Å². The number of anilines is 2. The predicted molar refractivity (Wildman–Crippen MR) is 108 cm³/mol. The molecule has 0 bridgehead atoms. The molecule has 146 valence electrons. The van der Waals surface area contributed by atoms with Crippen molar-refractivity contribution in [1.29, 1.82) is 5.26 Å². The van der Waals surface area contributed by atoms with Gasteiger partial charge in [0.1, 0.15) is 23.1 Å². The molecule has 1 aliphatic rings. The van der Waals surface area contributed by atoms with Gasteiger partial charge in [0.05, 0.1) is 6.20 Å². The van der Waals surface area contributed by atoms with Crippen LogP contribution in [-0.2, 0) is 0 Å². The molecule has 0 spiro atoms. The lowest BCUT2D eigenvalue weighted by Crippen LogP contribution is -2.19. The maximum atomic E-state index is 9.45. The lowest BCUT2D eigenvalue weighted by Gasteiger charge is -2.20. The smallest absolute Gasteiger partial charge is 0.252 e. The van der Waals surface area contributed by atoms with Crippen molar-refractivity contribution in [3.05, 3.63) is 41.9 Å². The quantitative estimate of drug-likeness (QED) is 0.666. The molecule has 3 aromatic rings. The number of hydrogen-bond donors (Lipinski definition) is 1. The Kier molecular flexibility index (Phi) is 5.11. The van der Waals surface area contributed by atoms with Crippen molar-refractivity contribution in [2.75, 3.05) is 30.4 Å². The molecule has 4 heterocycles. The number of aryl methyl sites for hydroxylation is 1. The number of nitrogens with zero attached hydrogens (tertiary/aromatic N) is 9. The number of rotatable bonds is 5. The second-order valence-electron chi connectivity index (χ2n) is 6.60. The molecule has 1 fully saturated rings. The van der Waals surface area contributed by atoms with E-state index < -0.39 is 0 Å². The first-order valence-corrected chi connectivity index (χ1v) is 9.33. The molecule has 0 amide bonds. The highest BCUT2D eigenvalue weighted by atomic mass is 15.4. The molecule has 10 nitrogen and oxygen atoms in total. The Hall–Kier alpha value is -3.87. The summed E-state index contributed by atoms with van der Waals surface area (Å²) in [4.78, 5) is 15.3. The van der Waals surface area contributed by atoms with Crippen LogP contribution in [0, 0.1) is 18.3 Å². The van der Waals surface area contributed by atoms with Gasteiger partial charge in [0, 0.05) is 32.5 Å². The second kappa shape index (κ2) is 8.02. The molecule has 1 N–H and O–H groups in total. The second-order valence-corrected chi connectivity index (χ2v) is 6.60. The Bertz CT molecular complexity index is 1070. The molecule has 10 heteroatoms. The SMILES string of the molecule is CNc1cc(C)c(/N=N/c2c(C#N)cnn2-c2ncccn2)c(N2CCCC2)n1. The van der Waals surface area contributed by atoms with Gasteiger partial charge in [-0.15, -0.1) is 10.2 Å². The molecule has 1 aliphatic heterocycles. The normalized spacial score (nSPS) is 13.8. The number of azo groups is 1. The van der Waals surface area contributed by atoms with Crippen molar-refractivity contribution in [3.8, 4) is 12.0 Å². The zero-order chi connectivity index (χ0) is 20.2. The van der Waals surface area contributed by atoms with Gasteiger partial charge in [-0.05, 0) is 37.5 Å². The lowest BCUT2D eigenvalue weighted by molar-refractivity contribution is 0.802. The number of aromatic nitrogens is 5. The molecule has 1 saturated heterocycles. The third-order valence-corrected chi connectivity index (χ3v) is 4.68. The first-order valence-electron chi connectivity index (χ1n) is 9.33. The molecule has 4 rings (SSSR count). The Balaban J connectivity index is 1.79. The van der Waals surface area contributed by atoms with Crippen LogP contribution < -0.4 is 10.2 Å². The average Bonchev–Trinajstić information content (AvgIpc) is 3.43. The average molecular weight is 388 g/mol. The van der Waals surface area contributed by atoms with Crippen LogP contribution in [0.4, 0.5) is 23.1 Å². The third kappa shape index (κ3) is 3.62. The fourth-order valence-electron chi connectivity index (χ4n) is 3.21. The van der Waals surface area contributed by atoms with Crippen molar-refractivity contribution >= 4 is 23.1 Å². The molecular weight excluding hydrogens is 368 g/mol. The van der Waals surface area contributed by atoms with Crippen LogP contribution in [0.3, 0.4) is 0 Å². The van der Waals surface area contributed by atoms with E-state index >= 15 is 0 Å². The summed E-state index contributed by atoms with van der Waals surface area (Å²) in [7, 11) is 1.84. The summed E-state index contributed by atoms with van der Waals surface area (Å²) >= 11 is 0. The standard InChI is InChI=1S/C19H20N10/c1-13-10-15(21-2)25-18(28-8-3-4-9-28)16(13)26-27-17-14(11-20)12-24-29(17)19-22-6-5-7-23-19/h5-7,10,12H,3-4,8-9H2,1-2H3,(H,21,25)/b27-26+. The van der Waals surface area contributed by atoms with E-state index in [0.717, 1.165) is 43.1 Å². The molecule has 0 saturated carbocycles. The lowest BCUT2D eigenvalue weighted by atomic mass is 10.2. The largest absolute Gasteiger partial charge is 0.373 e. The van der Waals surface area contributed by atoms with Gasteiger partial charge in [0.25, 0.3) is 5.95 Å². The molecule has 0 atom stereocenters. The molecule has 0 aromatic carbocycles. The highest BCUT2D eigenvalue weighted by Crippen LogP contribution is 2.36. The minimum atomic E-state index is 0.281. The van der Waals surface area contributed by atoms with Crippen molar-refractivity contribution in [3.63, 3.8) is 0 Å². The van der Waals surface area contributed by atoms with Crippen molar-refractivity contribution < 1.29 is 0 Å². The summed E-state index contributed by atoms with van der Waals surface area (Å²) in [5, 5.41) is 25.6. The Morgan fingerprint density at radius 2 is 1.93 bits per heavy atom. The van der Waals surface area contributed by atoms with Crippen molar-refractivity contribution in [2.24, 2.45) is 10.2 Å². The summed E-state index contributed by atoms with van der Waals surface area (Å²) in [5.74, 6) is 2.17. The van der Waals surface area contributed by atoms with E-state index in [2.05, 4.69) is 41.6 Å². The molecular formula is C19H20N10. The van der Waals surface area contributed by atoms with Crippen molar-refractivity contribution in [1.82, 2.24) is 24.7 Å². The predicted octanol–water partition coefficient (Wildman–Crippen LogP) is 3.29. The van der Waals surface area contributed by atoms with Crippen LogP contribution >= 0.6 is 0 Å². The highest BCUT2D eigenvalue weighted by molar-refractivity contribution is 5.69. The zero-order valence-corrected chi connectivity index (χ0v) is 16.2. The maximum absolute atomic E-state index is 9.45. The van der Waals surface area contributed by atoms with Crippen LogP contribution in [0.5, 0.6) is 0 Å². The molecule has 3 aromatic heterocycles. The van der Waals surface area contributed by atoms with Gasteiger partial charge in [-0.25, -0.2) is 15.0 Å². The number of hydrogen-bond acceptors (Lipinski definition) is 9. The summed E-state index contributed by atoms with van der Waals surface area (Å²) in [6.07, 6.45) is 6.89. The zero-order valence-electron chi connectivity index (χ0n) is 16.2. The van der Waals surface area contributed by atoms with Gasteiger partial charge in [-0.2, -0.15) is 15.0 Å². The minimum Gasteiger partial charge on any atom is -0.373 e. The molecule has 29 heavy (non-hydrogen) atoms. The Morgan fingerprint density at radius 1 is 1.17 bits per heavy atom. The Morgan fingerprint density at radius 3 is 2.62 bits per heavy atom. The summed E-state index contributed by atoms with van der Waals surface area (Å²) in [6, 6.07) is 5.73. The maximum Gasteiger partial charge on any atom is 0.252 e. The summed E-state index contributed by atoms with van der Waals surface area (Å²) < 4.78 is 1.41. The van der Waals surface area contributed by atoms with Crippen LogP contribution in [0.2, 0.25) is 0 Å². The summed E-state index contributed by atoms with van der Waals surface area (Å²) in [6.45, 7) is 3.84. The topological polar surface area (TPSA) is 120 Å². The highest BCUT2D eigenvalue weighted by Gasteiger charge is 2.21. The number of nitrogens with one attached hydrogen (secondary N) is 1.